The van der Waals surface area contributed by atoms with E-state index in [-0.39, 0.29) is 18.0 Å². The molecule has 0 aliphatic carbocycles. The van der Waals surface area contributed by atoms with Crippen molar-refractivity contribution in [3.8, 4) is 0 Å². The van der Waals surface area contributed by atoms with Crippen molar-refractivity contribution in [3.05, 3.63) is 23.6 Å². The summed E-state index contributed by atoms with van der Waals surface area (Å²) in [6.45, 7) is -1.17. The molecule has 1 aliphatic heterocycles. The summed E-state index contributed by atoms with van der Waals surface area (Å²) in [7, 11) is 0. The van der Waals surface area contributed by atoms with Crippen LogP contribution in [0.15, 0.2) is 28.5 Å². The first-order valence-corrected chi connectivity index (χ1v) is 3.72. The first kappa shape index (κ1) is 9.83. The molecule has 1 atom stereocenters. The average Bonchev–Trinajstić information content (AvgIpc) is 2.25. The summed E-state index contributed by atoms with van der Waals surface area (Å²) >= 11 is 0. The number of nitrogens with two attached hydrogens (primary N) is 1. The molecular formula is C8H9F3N2. The van der Waals surface area contributed by atoms with E-state index in [2.05, 4.69) is 4.99 Å². The van der Waals surface area contributed by atoms with E-state index in [9.17, 15) is 13.2 Å². The minimum Gasteiger partial charge on any atom is -0.384 e. The van der Waals surface area contributed by atoms with Crippen molar-refractivity contribution in [2.24, 2.45) is 10.7 Å². The molecule has 0 fully saturated rings. The van der Waals surface area contributed by atoms with Crippen molar-refractivity contribution in [1.29, 1.82) is 0 Å². The zero-order chi connectivity index (χ0) is 9.84. The van der Waals surface area contributed by atoms with Crippen LogP contribution in [0.25, 0.3) is 0 Å². The van der Waals surface area contributed by atoms with Crippen LogP contribution in [0.1, 0.15) is 0 Å². The van der Waals surface area contributed by atoms with Crippen molar-refractivity contribution < 1.29 is 13.2 Å². The summed E-state index contributed by atoms with van der Waals surface area (Å²) in [6.07, 6.45) is 0.147. The standard InChI is InChI=1S/C8H9F3N2/c9-4-7(11)5-1-2-13-8(12)3-6(5)10/h1,3,7H,2,4H2,(H2,12,13). The fourth-order valence-electron chi connectivity index (χ4n) is 0.966. The fourth-order valence-corrected chi connectivity index (χ4v) is 0.966. The molecule has 0 amide bonds. The highest BCUT2D eigenvalue weighted by molar-refractivity contribution is 5.92. The Morgan fingerprint density at radius 3 is 2.92 bits per heavy atom. The summed E-state index contributed by atoms with van der Waals surface area (Å²) in [4.78, 5) is 3.65. The van der Waals surface area contributed by atoms with E-state index in [0.29, 0.717) is 0 Å². The Morgan fingerprint density at radius 2 is 2.31 bits per heavy atom. The van der Waals surface area contributed by atoms with Gasteiger partial charge in [-0.2, -0.15) is 0 Å². The maximum absolute atomic E-state index is 13.0. The highest BCUT2D eigenvalue weighted by atomic mass is 19.2. The van der Waals surface area contributed by atoms with E-state index in [0.717, 1.165) is 6.08 Å². The number of nitrogens with zero attached hydrogens (tertiary/aromatic N) is 1. The van der Waals surface area contributed by atoms with E-state index >= 15 is 0 Å². The third-order valence-electron chi connectivity index (χ3n) is 1.61. The number of aliphatic imine (C=N–C) groups is 1. The van der Waals surface area contributed by atoms with Crippen molar-refractivity contribution in [1.82, 2.24) is 0 Å². The Hall–Kier alpha value is -1.26. The summed E-state index contributed by atoms with van der Waals surface area (Å²) in [5.74, 6) is -0.876. The van der Waals surface area contributed by atoms with Crippen molar-refractivity contribution in [2.75, 3.05) is 13.2 Å². The van der Waals surface area contributed by atoms with Crippen molar-refractivity contribution >= 4 is 5.84 Å². The van der Waals surface area contributed by atoms with Crippen LogP contribution in [-0.2, 0) is 0 Å². The predicted molar refractivity (Wildman–Crippen MR) is 44.6 cm³/mol. The molecule has 1 rings (SSSR count). The van der Waals surface area contributed by atoms with Gasteiger partial charge in [0.25, 0.3) is 0 Å². The second kappa shape index (κ2) is 4.11. The molecule has 0 radical (unpaired) electrons. The maximum Gasteiger partial charge on any atom is 0.156 e. The quantitative estimate of drug-likeness (QED) is 0.703. The van der Waals surface area contributed by atoms with E-state index in [1.165, 1.54) is 6.08 Å². The molecular weight excluding hydrogens is 181 g/mol. The number of amidine groups is 1. The molecule has 0 bridgehead atoms. The monoisotopic (exact) mass is 190 g/mol. The highest BCUT2D eigenvalue weighted by Crippen LogP contribution is 2.20. The number of hydrogen-bond donors (Lipinski definition) is 1. The van der Waals surface area contributed by atoms with E-state index in [4.69, 9.17) is 5.73 Å². The first-order valence-electron chi connectivity index (χ1n) is 3.72. The van der Waals surface area contributed by atoms with Gasteiger partial charge in [0, 0.05) is 11.6 Å². The molecule has 2 nitrogen and oxygen atoms in total. The Morgan fingerprint density at radius 1 is 1.62 bits per heavy atom. The topological polar surface area (TPSA) is 38.4 Å². The van der Waals surface area contributed by atoms with Crippen LogP contribution in [0.4, 0.5) is 13.2 Å². The molecule has 0 saturated heterocycles. The van der Waals surface area contributed by atoms with Gasteiger partial charge >= 0.3 is 0 Å². The van der Waals surface area contributed by atoms with E-state index < -0.39 is 18.7 Å². The van der Waals surface area contributed by atoms with Gasteiger partial charge in [-0.3, -0.25) is 4.99 Å². The molecule has 1 heterocycles. The largest absolute Gasteiger partial charge is 0.384 e. The number of hydrogen-bond acceptors (Lipinski definition) is 2. The lowest BCUT2D eigenvalue weighted by atomic mass is 10.1. The molecule has 0 saturated carbocycles. The zero-order valence-electron chi connectivity index (χ0n) is 6.80. The van der Waals surface area contributed by atoms with E-state index in [1.807, 2.05) is 0 Å². The van der Waals surface area contributed by atoms with Gasteiger partial charge in [-0.25, -0.2) is 13.2 Å². The first-order chi connectivity index (χ1) is 6.15. The van der Waals surface area contributed by atoms with Crippen LogP contribution in [0.3, 0.4) is 0 Å². The fraction of sp³-hybridized carbons (Fsp3) is 0.375. The number of halogens is 3. The van der Waals surface area contributed by atoms with Gasteiger partial charge in [0.1, 0.15) is 18.3 Å². The van der Waals surface area contributed by atoms with Crippen LogP contribution in [0.5, 0.6) is 0 Å². The molecule has 0 aromatic carbocycles. The highest BCUT2D eigenvalue weighted by Gasteiger charge is 2.18. The van der Waals surface area contributed by atoms with Gasteiger partial charge in [0.15, 0.2) is 6.17 Å². The Kier molecular flexibility index (Phi) is 3.11. The normalized spacial score (nSPS) is 19.8. The third kappa shape index (κ3) is 2.34. The Bertz CT molecular complexity index is 281. The molecule has 1 unspecified atom stereocenters. The second-order valence-corrected chi connectivity index (χ2v) is 2.54. The molecule has 1 aliphatic rings. The summed E-state index contributed by atoms with van der Waals surface area (Å²) in [5, 5.41) is 0. The predicted octanol–water partition coefficient (Wildman–Crippen LogP) is 1.44. The Labute approximate surface area is 73.6 Å². The van der Waals surface area contributed by atoms with Crippen LogP contribution in [0, 0.1) is 0 Å². The second-order valence-electron chi connectivity index (χ2n) is 2.54. The molecule has 0 aromatic rings. The smallest absolute Gasteiger partial charge is 0.156 e. The van der Waals surface area contributed by atoms with Gasteiger partial charge in [-0.1, -0.05) is 6.08 Å². The van der Waals surface area contributed by atoms with E-state index in [1.54, 1.807) is 0 Å². The summed E-state index contributed by atoms with van der Waals surface area (Å²) in [6, 6.07) is 0. The van der Waals surface area contributed by atoms with Gasteiger partial charge in [-0.05, 0) is 0 Å². The van der Waals surface area contributed by atoms with Gasteiger partial charge < -0.3 is 5.73 Å². The van der Waals surface area contributed by atoms with Crippen LogP contribution >= 0.6 is 0 Å². The number of rotatable bonds is 2. The van der Waals surface area contributed by atoms with Crippen LogP contribution in [0.2, 0.25) is 0 Å². The van der Waals surface area contributed by atoms with Gasteiger partial charge in [0.2, 0.25) is 0 Å². The SMILES string of the molecule is NC1=NCC=C(C(F)CF)C(F)=C1. The number of allylic oxidation sites excluding steroid dienone is 2. The van der Waals surface area contributed by atoms with Crippen molar-refractivity contribution in [3.63, 3.8) is 0 Å². The molecule has 2 N–H and O–H groups in total. The molecule has 5 heteroatoms. The summed E-state index contributed by atoms with van der Waals surface area (Å²) < 4.78 is 37.7. The lowest BCUT2D eigenvalue weighted by Gasteiger charge is -2.05. The maximum atomic E-state index is 13.0. The Balaban J connectivity index is 2.88. The zero-order valence-corrected chi connectivity index (χ0v) is 6.80. The average molecular weight is 190 g/mol. The number of alkyl halides is 2. The van der Waals surface area contributed by atoms with Crippen LogP contribution < -0.4 is 5.73 Å². The minimum absolute atomic E-state index is 0.0187. The van der Waals surface area contributed by atoms with Gasteiger partial charge in [0.05, 0.1) is 6.54 Å². The molecule has 13 heavy (non-hydrogen) atoms. The molecule has 0 spiro atoms. The third-order valence-corrected chi connectivity index (χ3v) is 1.61. The van der Waals surface area contributed by atoms with Crippen molar-refractivity contribution in [2.45, 2.75) is 6.17 Å². The lowest BCUT2D eigenvalue weighted by Crippen LogP contribution is -2.10. The lowest BCUT2D eigenvalue weighted by molar-refractivity contribution is 0.293. The van der Waals surface area contributed by atoms with Gasteiger partial charge in [-0.15, -0.1) is 0 Å². The molecule has 72 valence electrons. The summed E-state index contributed by atoms with van der Waals surface area (Å²) in [5.41, 5.74) is 4.90. The minimum atomic E-state index is -1.93. The molecule has 0 aromatic heterocycles. The van der Waals surface area contributed by atoms with Crippen LogP contribution in [-0.4, -0.2) is 25.2 Å².